The molecule has 0 N–H and O–H groups in total. The first-order chi connectivity index (χ1) is 29.3. The van der Waals surface area contributed by atoms with E-state index in [-0.39, 0.29) is 60.4 Å². The predicted octanol–water partition coefficient (Wildman–Crippen LogP) is 12.5. The monoisotopic (exact) mass is 668 g/mol. The number of fused-ring (bicyclic) bond motifs is 6. The number of nitrogens with zero attached hydrogens (tertiary/aromatic N) is 3. The largest absolute Gasteiger partial charge is 0.456 e. The Kier molecular flexibility index (Phi) is 4.54. The van der Waals surface area contributed by atoms with Gasteiger partial charge in [-0.05, 0) is 52.5 Å². The first-order valence-electron chi connectivity index (χ1n) is 21.2. The van der Waals surface area contributed by atoms with Gasteiger partial charge in [0, 0.05) is 47.6 Å². The van der Waals surface area contributed by atoms with Crippen molar-refractivity contribution >= 4 is 53.4 Å². The number of thiophene rings is 1. The zero-order chi connectivity index (χ0) is 42.6. The number of aromatic nitrogens is 3. The molecule has 7 aromatic carbocycles. The number of hydrogen-bond acceptors (Lipinski definition) is 5. The third-order valence-electron chi connectivity index (χ3n) is 8.57. The molecule has 0 bridgehead atoms. The van der Waals surface area contributed by atoms with Crippen LogP contribution >= 0.6 is 11.3 Å². The Morgan fingerprint density at radius 3 is 1.98 bits per heavy atom. The number of benzene rings is 7. The van der Waals surface area contributed by atoms with Crippen molar-refractivity contribution in [3.05, 3.63) is 164 Å². The molecule has 0 saturated heterocycles. The van der Waals surface area contributed by atoms with E-state index >= 15 is 0 Å². The van der Waals surface area contributed by atoms with Gasteiger partial charge < -0.3 is 4.42 Å². The van der Waals surface area contributed by atoms with Crippen molar-refractivity contribution in [3.63, 3.8) is 0 Å². The molecule has 5 heteroatoms. The van der Waals surface area contributed by atoms with Crippen molar-refractivity contribution in [2.75, 3.05) is 0 Å². The van der Waals surface area contributed by atoms with Crippen molar-refractivity contribution < 1.29 is 19.5 Å². The van der Waals surface area contributed by atoms with E-state index in [0.29, 0.717) is 22.3 Å². The summed E-state index contributed by atoms with van der Waals surface area (Å²) in [5.41, 5.74) is 3.76. The van der Waals surface area contributed by atoms with Gasteiger partial charge >= 0.3 is 0 Å². The van der Waals surface area contributed by atoms with Crippen LogP contribution in [0, 0.1) is 0 Å². The Labute approximate surface area is 307 Å². The highest BCUT2D eigenvalue weighted by atomic mass is 32.1. The molecule has 0 aliphatic carbocycles. The van der Waals surface area contributed by atoms with E-state index in [1.54, 1.807) is 0 Å². The molecule has 0 saturated carbocycles. The Morgan fingerprint density at radius 2 is 1.14 bits per heavy atom. The maximum atomic E-state index is 9.60. The van der Waals surface area contributed by atoms with E-state index in [0.717, 1.165) is 33.2 Å². The van der Waals surface area contributed by atoms with Gasteiger partial charge in [0.15, 0.2) is 17.5 Å². The Balaban J connectivity index is 1.23. The summed E-state index contributed by atoms with van der Waals surface area (Å²) in [7, 11) is 0. The molecular formula is C45H27N3OS. The van der Waals surface area contributed by atoms with Crippen LogP contribution in [0.4, 0.5) is 0 Å². The zero-order valence-electron chi connectivity index (χ0n) is 36.9. The maximum Gasteiger partial charge on any atom is 0.164 e. The number of furan rings is 1. The molecule has 50 heavy (non-hydrogen) atoms. The van der Waals surface area contributed by atoms with Crippen molar-refractivity contribution in [1.82, 2.24) is 15.0 Å². The fraction of sp³-hybridized carbons (Fsp3) is 0. The molecule has 0 aliphatic rings. The summed E-state index contributed by atoms with van der Waals surface area (Å²) in [6, 6.07) is 24.9. The van der Waals surface area contributed by atoms with Crippen LogP contribution < -0.4 is 0 Å². The van der Waals surface area contributed by atoms with Gasteiger partial charge in [0.2, 0.25) is 0 Å². The highest BCUT2D eigenvalue weighted by molar-refractivity contribution is 7.26. The van der Waals surface area contributed by atoms with Crippen molar-refractivity contribution in [1.29, 1.82) is 0 Å². The van der Waals surface area contributed by atoms with Crippen LogP contribution in [0.25, 0.3) is 98.5 Å². The molecule has 234 valence electrons. The summed E-state index contributed by atoms with van der Waals surface area (Å²) in [5, 5.41) is 1.80. The molecule has 0 amide bonds. The maximum absolute atomic E-state index is 9.60. The second-order valence-electron chi connectivity index (χ2n) is 11.6. The van der Waals surface area contributed by atoms with Crippen LogP contribution in [0.1, 0.15) is 15.1 Å². The van der Waals surface area contributed by atoms with Crippen LogP contribution in [0.3, 0.4) is 0 Å². The normalized spacial score (nSPS) is 14.7. The fourth-order valence-electron chi connectivity index (χ4n) is 6.18. The van der Waals surface area contributed by atoms with Gasteiger partial charge in [-0.1, -0.05) is 133 Å². The van der Waals surface area contributed by atoms with Crippen LogP contribution in [0.15, 0.2) is 168 Å². The summed E-state index contributed by atoms with van der Waals surface area (Å²) >= 11 is 0.887. The molecule has 10 rings (SSSR count). The molecule has 10 aromatic rings. The lowest BCUT2D eigenvalue weighted by Crippen LogP contribution is -2.00. The summed E-state index contributed by atoms with van der Waals surface area (Å²) in [6.45, 7) is 0. The average molecular weight is 669 g/mol. The van der Waals surface area contributed by atoms with Gasteiger partial charge in [0.05, 0.1) is 15.1 Å². The summed E-state index contributed by atoms with van der Waals surface area (Å²) in [4.78, 5) is 14.5. The predicted molar refractivity (Wildman–Crippen MR) is 207 cm³/mol. The third kappa shape index (κ3) is 4.87. The van der Waals surface area contributed by atoms with Crippen LogP contribution in [0.5, 0.6) is 0 Å². The first kappa shape index (κ1) is 19.5. The van der Waals surface area contributed by atoms with Gasteiger partial charge in [-0.25, -0.2) is 15.0 Å². The molecule has 0 spiro atoms. The molecule has 3 aromatic heterocycles. The summed E-state index contributed by atoms with van der Waals surface area (Å²) < 4.78 is 103. The second kappa shape index (κ2) is 11.6. The van der Waals surface area contributed by atoms with Gasteiger partial charge in [-0.3, -0.25) is 0 Å². The highest BCUT2D eigenvalue weighted by Gasteiger charge is 2.17. The Hall–Kier alpha value is -6.43. The molecule has 4 nitrogen and oxygen atoms in total. The first-order valence-corrected chi connectivity index (χ1v) is 16.5. The Morgan fingerprint density at radius 1 is 0.460 bits per heavy atom. The van der Waals surface area contributed by atoms with Crippen molar-refractivity contribution in [3.8, 4) is 56.4 Å². The lowest BCUT2D eigenvalue weighted by molar-refractivity contribution is 0.669. The topological polar surface area (TPSA) is 51.8 Å². The highest BCUT2D eigenvalue weighted by Crippen LogP contribution is 2.41. The van der Waals surface area contributed by atoms with Gasteiger partial charge in [-0.15, -0.1) is 11.3 Å². The molecule has 0 aliphatic heterocycles. The zero-order valence-corrected chi connectivity index (χ0v) is 26.7. The number of para-hydroxylation sites is 1. The SMILES string of the molecule is [2H]c1c([2H])c([2H])c(-c2c([2H])c([2H])c([2H])c3sc4c([2H])c(-c5nc(-c6ccc(-c7ccccc7)cc6)nc(-c6ccc7c(c6)oc6ccccc67)n5)c([2H])c([2H])c4c23)c([2H])c1[2H]. The minimum Gasteiger partial charge on any atom is -0.456 e. The lowest BCUT2D eigenvalue weighted by Gasteiger charge is -2.09. The summed E-state index contributed by atoms with van der Waals surface area (Å²) in [5.74, 6) is 0.380. The lowest BCUT2D eigenvalue weighted by atomic mass is 9.99. The van der Waals surface area contributed by atoms with E-state index in [9.17, 15) is 4.11 Å². The molecule has 3 heterocycles. The quantitative estimate of drug-likeness (QED) is 0.183. The minimum atomic E-state index is -0.657. The standard InChI is InChI=1S/C45H27N3OS/c1-3-10-28(11-4-1)29-18-20-31(21-19-29)43-46-44(32-22-24-36-35-14-7-8-16-38(35)49-39(36)26-32)48-45(47-43)33-23-25-37-41(27-33)50-40-17-9-15-34(42(37)40)30-12-5-2-6-13-30/h1-27H/i2D,5D,6D,9D,12D,13D,15D,17D,23D,25D,27D. The smallest absolute Gasteiger partial charge is 0.164 e. The van der Waals surface area contributed by atoms with E-state index < -0.39 is 60.4 Å². The van der Waals surface area contributed by atoms with Gasteiger partial charge in [0.1, 0.15) is 11.2 Å². The van der Waals surface area contributed by atoms with E-state index in [4.69, 9.17) is 30.3 Å². The van der Waals surface area contributed by atoms with Gasteiger partial charge in [-0.2, -0.15) is 0 Å². The van der Waals surface area contributed by atoms with E-state index in [1.807, 2.05) is 97.1 Å². The molecule has 0 fully saturated rings. The van der Waals surface area contributed by atoms with Crippen LogP contribution in [-0.2, 0) is 0 Å². The average Bonchev–Trinajstić information content (AvgIpc) is 3.87. The van der Waals surface area contributed by atoms with Crippen LogP contribution in [-0.4, -0.2) is 15.0 Å². The molecular weight excluding hydrogens is 631 g/mol. The molecule has 0 atom stereocenters. The molecule has 0 unspecified atom stereocenters. The third-order valence-corrected chi connectivity index (χ3v) is 9.59. The molecule has 0 radical (unpaired) electrons. The minimum absolute atomic E-state index is 0.0160. The van der Waals surface area contributed by atoms with E-state index in [2.05, 4.69) is 0 Å². The van der Waals surface area contributed by atoms with Crippen LogP contribution in [0.2, 0.25) is 0 Å². The van der Waals surface area contributed by atoms with Crippen molar-refractivity contribution in [2.24, 2.45) is 0 Å². The summed E-state index contributed by atoms with van der Waals surface area (Å²) in [6.07, 6.45) is 0. The number of hydrogen-bond donors (Lipinski definition) is 0. The fourth-order valence-corrected chi connectivity index (χ4v) is 7.20. The Bertz CT molecular complexity index is 3470. The number of rotatable bonds is 5. The van der Waals surface area contributed by atoms with Crippen molar-refractivity contribution in [2.45, 2.75) is 0 Å². The second-order valence-corrected chi connectivity index (χ2v) is 12.6. The van der Waals surface area contributed by atoms with E-state index in [1.165, 1.54) is 0 Å². The van der Waals surface area contributed by atoms with Gasteiger partial charge in [0.25, 0.3) is 0 Å².